The molecule has 0 unspecified atom stereocenters. The first-order valence-electron chi connectivity index (χ1n) is 18.7. The van der Waals surface area contributed by atoms with Crippen LogP contribution in [-0.2, 0) is 28.7 Å². The average Bonchev–Trinajstić information content (AvgIpc) is 3.76. The molecule has 0 aliphatic heterocycles. The third kappa shape index (κ3) is 12.9. The van der Waals surface area contributed by atoms with Gasteiger partial charge >= 0.3 is 30.1 Å². The van der Waals surface area contributed by atoms with Crippen molar-refractivity contribution < 1.29 is 74.0 Å². The van der Waals surface area contributed by atoms with E-state index in [1.54, 1.807) is 0 Å². The van der Waals surface area contributed by atoms with Crippen molar-refractivity contribution in [3.8, 4) is 22.3 Å². The van der Waals surface area contributed by atoms with Gasteiger partial charge < -0.3 is 66.9 Å². The molecule has 332 valence electrons. The van der Waals surface area contributed by atoms with E-state index in [0.29, 0.717) is 19.7 Å². The van der Waals surface area contributed by atoms with Crippen LogP contribution in [-0.4, -0.2) is 136 Å². The fourth-order valence-electron chi connectivity index (χ4n) is 6.48. The summed E-state index contributed by atoms with van der Waals surface area (Å²) in [7, 11) is 0. The van der Waals surface area contributed by atoms with E-state index in [4.69, 9.17) is 45.8 Å². The van der Waals surface area contributed by atoms with Gasteiger partial charge in [-0.15, -0.1) is 12.4 Å². The van der Waals surface area contributed by atoms with Gasteiger partial charge in [-0.25, -0.2) is 24.0 Å². The van der Waals surface area contributed by atoms with Crippen molar-refractivity contribution in [1.82, 2.24) is 16.0 Å². The van der Waals surface area contributed by atoms with Crippen LogP contribution in [0.15, 0.2) is 97.1 Å². The van der Waals surface area contributed by atoms with Crippen LogP contribution >= 0.6 is 12.4 Å². The monoisotopic (exact) mass is 882 g/mol. The molecule has 20 heteroatoms. The minimum atomic E-state index is -2.27. The Kier molecular flexibility index (Phi) is 19.3. The number of aliphatic carboxylic acids is 3. The third-order valence-corrected chi connectivity index (χ3v) is 9.42. The lowest BCUT2D eigenvalue weighted by Crippen LogP contribution is -2.47. The second-order valence-electron chi connectivity index (χ2n) is 13.4. The molecule has 12 N–H and O–H groups in total. The molecule has 0 bridgehead atoms. The lowest BCUT2D eigenvalue weighted by molar-refractivity contribution is -0.165. The van der Waals surface area contributed by atoms with E-state index >= 15 is 0 Å². The summed E-state index contributed by atoms with van der Waals surface area (Å²) in [4.78, 5) is 65.2. The van der Waals surface area contributed by atoms with Gasteiger partial charge in [-0.05, 0) is 44.5 Å². The number of halogens is 1. The van der Waals surface area contributed by atoms with E-state index in [1.165, 1.54) is 22.3 Å². The molecule has 19 nitrogen and oxygen atoms in total. The van der Waals surface area contributed by atoms with Crippen molar-refractivity contribution in [2.24, 2.45) is 5.73 Å². The highest BCUT2D eigenvalue weighted by molar-refractivity contribution is 5.88. The van der Waals surface area contributed by atoms with E-state index in [0.717, 1.165) is 22.3 Å². The summed E-state index contributed by atoms with van der Waals surface area (Å²) in [6.45, 7) is 1.24. The van der Waals surface area contributed by atoms with Crippen LogP contribution in [0.3, 0.4) is 0 Å². The Morgan fingerprint density at radius 1 is 0.484 bits per heavy atom. The van der Waals surface area contributed by atoms with Crippen LogP contribution in [0.5, 0.6) is 0 Å². The number of aliphatic hydroxyl groups excluding tert-OH is 4. The Bertz CT molecular complexity index is 2080. The van der Waals surface area contributed by atoms with Crippen LogP contribution in [0.2, 0.25) is 0 Å². The van der Waals surface area contributed by atoms with Gasteiger partial charge in [-0.1, -0.05) is 97.1 Å². The largest absolute Gasteiger partial charge is 0.479 e. The standard InChI is InChI=1S/C21H22N2O7.C17H18N2O2.C4H6O6.ClH/c24-17(18(25)20(27)28)19(26)22-9-10-23-21(29)30-11-16-14-7-3-1-5-12(14)13-6-2-4-8-15(13)16;18-9-10-19-17(20)21-11-16-14-7-3-1-5-12(14)13-6-2-4-8-15(13)16;5-1(3(7)8)2(6)4(9)10;/h1-8,16-18,24-25H,9-11H2,(H,22,26)(H,23,29)(H,27,28);1-8,16H,9-11,18H2,(H,19,20);1-2,5-6H,(H,7,8)(H,9,10);1H/t17-,18-;;1-,2-;/m1.1./s1. The highest BCUT2D eigenvalue weighted by Crippen LogP contribution is 2.45. The summed E-state index contributed by atoms with van der Waals surface area (Å²) in [5, 5.41) is 66.9. The number of ether oxygens (including phenoxy) is 2. The topological polar surface area (TPSA) is 325 Å². The van der Waals surface area contributed by atoms with Gasteiger partial charge in [0.1, 0.15) is 13.2 Å². The normalized spacial score (nSPS) is 13.7. The van der Waals surface area contributed by atoms with Gasteiger partial charge in [0.2, 0.25) is 0 Å². The lowest BCUT2D eigenvalue weighted by atomic mass is 9.98. The zero-order valence-electron chi connectivity index (χ0n) is 32.8. The molecule has 0 radical (unpaired) electrons. The highest BCUT2D eigenvalue weighted by atomic mass is 35.5. The predicted octanol–water partition coefficient (Wildman–Crippen LogP) is 1.23. The Balaban J connectivity index is 0.000000277. The molecular weight excluding hydrogens is 836 g/mol. The molecule has 0 saturated heterocycles. The molecule has 2 aliphatic carbocycles. The molecule has 0 fully saturated rings. The summed E-state index contributed by atoms with van der Waals surface area (Å²) in [6, 6.07) is 32.4. The first kappa shape index (κ1) is 49.8. The number of carbonyl (C=O) groups excluding carboxylic acids is 3. The van der Waals surface area contributed by atoms with E-state index < -0.39 is 60.4 Å². The number of benzene rings is 4. The lowest BCUT2D eigenvalue weighted by Gasteiger charge is -2.15. The molecule has 0 heterocycles. The zero-order valence-corrected chi connectivity index (χ0v) is 33.6. The molecule has 4 aromatic rings. The molecule has 3 amide bonds. The Hall–Kier alpha value is -6.61. The maximum absolute atomic E-state index is 12.0. The first-order valence-corrected chi connectivity index (χ1v) is 18.7. The van der Waals surface area contributed by atoms with E-state index in [9.17, 15) is 33.9 Å². The first-order chi connectivity index (χ1) is 29.2. The zero-order chi connectivity index (χ0) is 44.6. The maximum atomic E-state index is 12.0. The van der Waals surface area contributed by atoms with Crippen LogP contribution in [0, 0.1) is 0 Å². The molecule has 4 aromatic carbocycles. The molecule has 0 aromatic heterocycles. The number of carbonyl (C=O) groups is 6. The number of amides is 3. The fraction of sp³-hybridized carbons (Fsp3) is 0.286. The fourth-order valence-corrected chi connectivity index (χ4v) is 6.48. The summed E-state index contributed by atoms with van der Waals surface area (Å²) >= 11 is 0. The Morgan fingerprint density at radius 2 is 0.774 bits per heavy atom. The quantitative estimate of drug-likeness (QED) is 0.0748. The van der Waals surface area contributed by atoms with E-state index in [-0.39, 0.29) is 43.9 Å². The number of aliphatic hydroxyl groups is 4. The number of carboxylic acids is 3. The van der Waals surface area contributed by atoms with Gasteiger partial charge in [0.25, 0.3) is 5.91 Å². The van der Waals surface area contributed by atoms with E-state index in [2.05, 4.69) is 40.2 Å². The summed E-state index contributed by atoms with van der Waals surface area (Å²) in [6.07, 6.45) is -9.94. The van der Waals surface area contributed by atoms with Gasteiger partial charge in [0, 0.05) is 38.0 Å². The maximum Gasteiger partial charge on any atom is 0.407 e. The second-order valence-corrected chi connectivity index (χ2v) is 13.4. The smallest absolute Gasteiger partial charge is 0.407 e. The Morgan fingerprint density at radius 3 is 1.10 bits per heavy atom. The number of nitrogens with two attached hydrogens (primary N) is 1. The number of hydrogen-bond acceptors (Lipinski definition) is 13. The molecule has 2 aliphatic rings. The van der Waals surface area contributed by atoms with Gasteiger partial charge in [-0.3, -0.25) is 4.79 Å². The van der Waals surface area contributed by atoms with Crippen molar-refractivity contribution in [3.05, 3.63) is 119 Å². The molecule has 0 spiro atoms. The van der Waals surface area contributed by atoms with Gasteiger partial charge in [0.05, 0.1) is 0 Å². The van der Waals surface area contributed by atoms with Crippen molar-refractivity contribution in [2.75, 3.05) is 39.4 Å². The molecule has 6 rings (SSSR count). The minimum Gasteiger partial charge on any atom is -0.479 e. The molecule has 0 saturated carbocycles. The molecule has 62 heavy (non-hydrogen) atoms. The number of fused-ring (bicyclic) bond motifs is 6. The van der Waals surface area contributed by atoms with Crippen LogP contribution in [0.1, 0.15) is 34.1 Å². The minimum absolute atomic E-state index is 0. The highest BCUT2D eigenvalue weighted by Gasteiger charge is 2.32. The van der Waals surface area contributed by atoms with Gasteiger partial charge in [-0.2, -0.15) is 0 Å². The second kappa shape index (κ2) is 24.0. The number of carboxylic acid groups (broad SMARTS) is 3. The summed E-state index contributed by atoms with van der Waals surface area (Å²) in [5.41, 5.74) is 14.6. The molecular formula is C42H47ClN4O15. The van der Waals surface area contributed by atoms with Crippen molar-refractivity contribution >= 4 is 48.4 Å². The number of rotatable bonds is 15. The van der Waals surface area contributed by atoms with Crippen LogP contribution in [0.25, 0.3) is 22.3 Å². The third-order valence-electron chi connectivity index (χ3n) is 9.42. The summed E-state index contributed by atoms with van der Waals surface area (Å²) in [5.74, 6) is -6.28. The average molecular weight is 883 g/mol. The van der Waals surface area contributed by atoms with Crippen molar-refractivity contribution in [2.45, 2.75) is 36.3 Å². The summed E-state index contributed by atoms with van der Waals surface area (Å²) < 4.78 is 10.7. The SMILES string of the molecule is Cl.NCCNC(=O)OCC1c2ccccc2-c2ccccc21.O=C(NCCNC(=O)[C@H](O)[C@@H](O)C(=O)O)OCC1c2ccccc2-c2ccccc21.O=C(O)[C@H](O)[C@@H](O)C(=O)O. The predicted molar refractivity (Wildman–Crippen MR) is 222 cm³/mol. The van der Waals surface area contributed by atoms with Crippen molar-refractivity contribution in [3.63, 3.8) is 0 Å². The Labute approximate surface area is 360 Å². The number of hydrogen-bond donors (Lipinski definition) is 11. The van der Waals surface area contributed by atoms with Crippen LogP contribution < -0.4 is 21.7 Å². The number of alkyl carbamates (subject to hydrolysis) is 2. The van der Waals surface area contributed by atoms with E-state index in [1.807, 2.05) is 72.8 Å². The molecule has 4 atom stereocenters. The number of nitrogens with one attached hydrogen (secondary N) is 3. The van der Waals surface area contributed by atoms with Crippen molar-refractivity contribution in [1.29, 1.82) is 0 Å². The van der Waals surface area contributed by atoms with Crippen LogP contribution in [0.4, 0.5) is 9.59 Å². The van der Waals surface area contributed by atoms with Gasteiger partial charge in [0.15, 0.2) is 24.4 Å².